The number of unbranched alkanes of at least 4 members (excludes halogenated alkanes) is 2. The first-order chi connectivity index (χ1) is 17.4. The van der Waals surface area contributed by atoms with Crippen molar-refractivity contribution in [1.29, 1.82) is 0 Å². The minimum atomic E-state index is -0.214. The van der Waals surface area contributed by atoms with E-state index < -0.39 is 0 Å². The highest BCUT2D eigenvalue weighted by Gasteiger charge is 2.34. The van der Waals surface area contributed by atoms with Gasteiger partial charge in [0.25, 0.3) is 17.7 Å². The number of rotatable bonds is 10. The number of methoxy groups -OCH3 is 1. The molecule has 0 saturated carbocycles. The molecule has 36 heavy (non-hydrogen) atoms. The van der Waals surface area contributed by atoms with Crippen LogP contribution in [-0.2, 0) is 0 Å². The van der Waals surface area contributed by atoms with E-state index in [1.165, 1.54) is 12.0 Å². The first-order valence-electron chi connectivity index (χ1n) is 12.5. The van der Waals surface area contributed by atoms with E-state index in [-0.39, 0.29) is 17.7 Å². The molecule has 2 aliphatic rings. The molecule has 0 radical (unpaired) electrons. The van der Waals surface area contributed by atoms with Gasteiger partial charge in [0.15, 0.2) is 0 Å². The molecular formula is C27H33ClN4O4. The van der Waals surface area contributed by atoms with Crippen molar-refractivity contribution >= 4 is 35.0 Å². The van der Waals surface area contributed by atoms with Crippen LogP contribution in [0.5, 0.6) is 5.75 Å². The molecule has 0 atom stereocenters. The molecule has 192 valence electrons. The van der Waals surface area contributed by atoms with Crippen LogP contribution < -0.4 is 15.8 Å². The van der Waals surface area contributed by atoms with Crippen molar-refractivity contribution in [2.75, 3.05) is 45.6 Å². The Labute approximate surface area is 216 Å². The maximum atomic E-state index is 12.7. The molecule has 8 nitrogen and oxygen atoms in total. The zero-order valence-electron chi connectivity index (χ0n) is 20.6. The van der Waals surface area contributed by atoms with Crippen LogP contribution in [0.4, 0.5) is 5.69 Å². The number of carbonyl (C=O) groups is 3. The monoisotopic (exact) mass is 512 g/mol. The second kappa shape index (κ2) is 11.8. The average Bonchev–Trinajstić information content (AvgIpc) is 3.14. The molecule has 9 heteroatoms. The molecule has 2 aliphatic heterocycles. The van der Waals surface area contributed by atoms with Gasteiger partial charge in [-0.05, 0) is 69.4 Å². The summed E-state index contributed by atoms with van der Waals surface area (Å²) in [5.41, 5.74) is 7.58. The van der Waals surface area contributed by atoms with E-state index in [4.69, 9.17) is 22.1 Å². The molecule has 0 aliphatic carbocycles. The first kappa shape index (κ1) is 26.0. The van der Waals surface area contributed by atoms with Crippen molar-refractivity contribution < 1.29 is 19.1 Å². The van der Waals surface area contributed by atoms with Gasteiger partial charge in [0.1, 0.15) is 5.75 Å². The van der Waals surface area contributed by atoms with E-state index in [0.29, 0.717) is 52.2 Å². The molecule has 2 aromatic rings. The Balaban J connectivity index is 1.12. The number of benzene rings is 2. The van der Waals surface area contributed by atoms with Gasteiger partial charge >= 0.3 is 0 Å². The van der Waals surface area contributed by atoms with Gasteiger partial charge in [0.05, 0.1) is 34.5 Å². The van der Waals surface area contributed by atoms with Crippen molar-refractivity contribution in [2.45, 2.75) is 32.1 Å². The number of amides is 3. The normalized spacial score (nSPS) is 16.3. The van der Waals surface area contributed by atoms with Gasteiger partial charge in [-0.25, -0.2) is 0 Å². The number of carbonyl (C=O) groups excluding carboxylic acids is 3. The third-order valence-electron chi connectivity index (χ3n) is 7.06. The van der Waals surface area contributed by atoms with Crippen LogP contribution >= 0.6 is 11.6 Å². The Morgan fingerprint density at radius 1 is 1.06 bits per heavy atom. The number of halogens is 1. The van der Waals surface area contributed by atoms with Crippen LogP contribution in [0.1, 0.15) is 63.2 Å². The summed E-state index contributed by atoms with van der Waals surface area (Å²) in [4.78, 5) is 41.3. The summed E-state index contributed by atoms with van der Waals surface area (Å²) in [7, 11) is 1.50. The number of nitrogen functional groups attached to an aromatic ring is 1. The number of nitrogens with zero attached hydrogens (tertiary/aromatic N) is 2. The van der Waals surface area contributed by atoms with E-state index in [1.54, 1.807) is 36.4 Å². The Bertz CT molecular complexity index is 1100. The summed E-state index contributed by atoms with van der Waals surface area (Å²) >= 11 is 6.08. The van der Waals surface area contributed by atoms with Crippen LogP contribution in [0.25, 0.3) is 0 Å². The number of piperidine rings is 1. The number of imide groups is 1. The average molecular weight is 513 g/mol. The summed E-state index contributed by atoms with van der Waals surface area (Å²) < 4.78 is 5.28. The third-order valence-corrected chi connectivity index (χ3v) is 7.38. The van der Waals surface area contributed by atoms with E-state index in [1.807, 2.05) is 0 Å². The summed E-state index contributed by atoms with van der Waals surface area (Å²) in [6, 6.07) is 10.1. The largest absolute Gasteiger partial charge is 0.496 e. The molecule has 1 fully saturated rings. The van der Waals surface area contributed by atoms with Crippen LogP contribution in [-0.4, -0.2) is 67.4 Å². The summed E-state index contributed by atoms with van der Waals surface area (Å²) in [6.07, 6.45) is 4.86. The standard InChI is InChI=1S/C27H33ClN4O4/c1-36-24-16-23(29)22(28)15-21(24)25(33)30-17-18-9-13-31(14-10-18)11-5-2-6-12-32-26(34)19-7-3-4-8-20(19)27(32)35/h3-4,7-8,15-16,18H,2,5-6,9-14,17,29H2,1H3,(H,30,33). The van der Waals surface area contributed by atoms with Crippen LogP contribution in [0, 0.1) is 5.92 Å². The van der Waals surface area contributed by atoms with Crippen molar-refractivity contribution in [1.82, 2.24) is 15.1 Å². The highest BCUT2D eigenvalue weighted by molar-refractivity contribution is 6.33. The number of hydrogen-bond acceptors (Lipinski definition) is 6. The minimum absolute atomic E-state index is 0.178. The molecule has 0 spiro atoms. The van der Waals surface area contributed by atoms with Gasteiger partial charge in [-0.3, -0.25) is 19.3 Å². The van der Waals surface area contributed by atoms with Crippen molar-refractivity contribution in [3.63, 3.8) is 0 Å². The lowest BCUT2D eigenvalue weighted by atomic mass is 9.96. The van der Waals surface area contributed by atoms with Crippen LogP contribution in [0.2, 0.25) is 5.02 Å². The SMILES string of the molecule is COc1cc(N)c(Cl)cc1C(=O)NCC1CCN(CCCCCN2C(=O)c3ccccc3C2=O)CC1. The number of anilines is 1. The van der Waals surface area contributed by atoms with Gasteiger partial charge in [-0.1, -0.05) is 30.2 Å². The topological polar surface area (TPSA) is 105 Å². The van der Waals surface area contributed by atoms with Gasteiger partial charge < -0.3 is 20.7 Å². The van der Waals surface area contributed by atoms with Crippen LogP contribution in [0.15, 0.2) is 36.4 Å². The smallest absolute Gasteiger partial charge is 0.261 e. The van der Waals surface area contributed by atoms with E-state index in [2.05, 4.69) is 10.2 Å². The summed E-state index contributed by atoms with van der Waals surface area (Å²) in [5, 5.41) is 3.34. The fourth-order valence-corrected chi connectivity index (χ4v) is 5.05. The number of nitrogens with one attached hydrogen (secondary N) is 1. The Morgan fingerprint density at radius 2 is 1.69 bits per heavy atom. The van der Waals surface area contributed by atoms with Crippen molar-refractivity contribution in [3.8, 4) is 5.75 Å². The van der Waals surface area contributed by atoms with E-state index >= 15 is 0 Å². The van der Waals surface area contributed by atoms with Gasteiger partial charge in [-0.2, -0.15) is 0 Å². The molecule has 3 N–H and O–H groups in total. The maximum Gasteiger partial charge on any atom is 0.261 e. The second-order valence-electron chi connectivity index (χ2n) is 9.44. The van der Waals surface area contributed by atoms with E-state index in [9.17, 15) is 14.4 Å². The molecule has 2 aromatic carbocycles. The maximum absolute atomic E-state index is 12.7. The lowest BCUT2D eigenvalue weighted by molar-refractivity contribution is 0.0650. The van der Waals surface area contributed by atoms with E-state index in [0.717, 1.165) is 51.7 Å². The van der Waals surface area contributed by atoms with Crippen LogP contribution in [0.3, 0.4) is 0 Å². The minimum Gasteiger partial charge on any atom is -0.496 e. The highest BCUT2D eigenvalue weighted by atomic mass is 35.5. The molecule has 0 aromatic heterocycles. The molecule has 0 bridgehead atoms. The molecule has 4 rings (SSSR count). The lowest BCUT2D eigenvalue weighted by Gasteiger charge is -2.32. The fraction of sp³-hybridized carbons (Fsp3) is 0.444. The number of hydrogen-bond donors (Lipinski definition) is 2. The Hall–Kier alpha value is -3.10. The first-order valence-corrected chi connectivity index (χ1v) is 12.9. The van der Waals surface area contributed by atoms with Crippen molar-refractivity contribution in [3.05, 3.63) is 58.1 Å². The number of fused-ring (bicyclic) bond motifs is 1. The summed E-state index contributed by atoms with van der Waals surface area (Å²) in [6.45, 7) is 4.07. The zero-order chi connectivity index (χ0) is 25.7. The lowest BCUT2D eigenvalue weighted by Crippen LogP contribution is -2.39. The molecule has 0 unspecified atom stereocenters. The molecular weight excluding hydrogens is 480 g/mol. The van der Waals surface area contributed by atoms with Gasteiger partial charge in [-0.15, -0.1) is 0 Å². The predicted molar refractivity (Wildman–Crippen MR) is 140 cm³/mol. The highest BCUT2D eigenvalue weighted by Crippen LogP contribution is 2.29. The molecule has 2 heterocycles. The number of nitrogens with two attached hydrogens (primary N) is 1. The van der Waals surface area contributed by atoms with Crippen molar-refractivity contribution in [2.24, 2.45) is 5.92 Å². The molecule has 1 saturated heterocycles. The quantitative estimate of drug-likeness (QED) is 0.285. The molecule has 3 amide bonds. The Morgan fingerprint density at radius 3 is 2.33 bits per heavy atom. The van der Waals surface area contributed by atoms with Gasteiger partial charge in [0, 0.05) is 19.2 Å². The number of ether oxygens (including phenoxy) is 1. The third kappa shape index (κ3) is 5.82. The zero-order valence-corrected chi connectivity index (χ0v) is 21.4. The fourth-order valence-electron chi connectivity index (χ4n) is 4.89. The second-order valence-corrected chi connectivity index (χ2v) is 9.84. The Kier molecular flexibility index (Phi) is 8.48. The predicted octanol–water partition coefficient (Wildman–Crippen LogP) is 3.84. The number of likely N-dealkylation sites (tertiary alicyclic amines) is 1. The van der Waals surface area contributed by atoms with Gasteiger partial charge in [0.2, 0.25) is 0 Å². The summed E-state index contributed by atoms with van der Waals surface area (Å²) in [5.74, 6) is 0.265.